The van der Waals surface area contributed by atoms with E-state index in [1.807, 2.05) is 12.3 Å². The molecule has 2 aromatic rings. The summed E-state index contributed by atoms with van der Waals surface area (Å²) in [5.41, 5.74) is 1.10. The zero-order chi connectivity index (χ0) is 8.81. The number of pyridine rings is 1. The van der Waals surface area contributed by atoms with E-state index in [9.17, 15) is 0 Å². The lowest BCUT2D eigenvalue weighted by Gasteiger charge is -1.81. The Bertz CT molecular complexity index is 297. The summed E-state index contributed by atoms with van der Waals surface area (Å²) in [6.45, 7) is 4.25. The number of nitrogens with zero attached hydrogens (tertiary/aromatic N) is 1. The average molecular weight is 179 g/mol. The van der Waals surface area contributed by atoms with Crippen LogP contribution in [0.5, 0.6) is 0 Å². The summed E-state index contributed by atoms with van der Waals surface area (Å²) in [5, 5.41) is 5.39. The molecular weight excluding hydrogens is 166 g/mol. The van der Waals surface area contributed by atoms with Gasteiger partial charge in [-0.2, -0.15) is 0 Å². The smallest absolute Gasteiger partial charge is 0.0808 e. The van der Waals surface area contributed by atoms with E-state index in [1.54, 1.807) is 11.3 Å². The number of hydrogen-bond donors (Lipinski definition) is 0. The third-order valence-electron chi connectivity index (χ3n) is 1.25. The van der Waals surface area contributed by atoms with Gasteiger partial charge in [0.15, 0.2) is 0 Å². The van der Waals surface area contributed by atoms with Crippen LogP contribution in [0.2, 0.25) is 0 Å². The van der Waals surface area contributed by atoms with Crippen molar-refractivity contribution >= 4 is 22.2 Å². The van der Waals surface area contributed by atoms with Crippen molar-refractivity contribution in [2.24, 2.45) is 0 Å². The molecule has 0 amide bonds. The number of hydrogen-bond acceptors (Lipinski definition) is 2. The lowest BCUT2D eigenvalue weighted by Crippen LogP contribution is -1.66. The first-order valence-corrected chi connectivity index (χ1v) is 5.09. The predicted molar refractivity (Wildman–Crippen MR) is 55.6 cm³/mol. The summed E-state index contributed by atoms with van der Waals surface area (Å²) in [7, 11) is 0. The Hall–Kier alpha value is -0.890. The van der Waals surface area contributed by atoms with Gasteiger partial charge in [0.2, 0.25) is 0 Å². The Kier molecular flexibility index (Phi) is 3.74. The monoisotopic (exact) mass is 179 g/mol. The topological polar surface area (TPSA) is 12.9 Å². The van der Waals surface area contributed by atoms with Crippen LogP contribution >= 0.6 is 11.3 Å². The van der Waals surface area contributed by atoms with E-state index in [0.717, 1.165) is 5.52 Å². The molecule has 0 atom stereocenters. The van der Waals surface area contributed by atoms with Crippen LogP contribution in [0, 0.1) is 0 Å². The standard InChI is InChI=1S/C7H5NS.C3H8/c1-2-6-4-9-5-7(6)8-3-1;1-3-2/h1-5H;3H2,1-2H3. The van der Waals surface area contributed by atoms with Crippen LogP contribution in [0.3, 0.4) is 0 Å². The second-order valence-corrected chi connectivity index (χ2v) is 3.30. The van der Waals surface area contributed by atoms with E-state index in [4.69, 9.17) is 0 Å². The maximum atomic E-state index is 4.15. The minimum atomic E-state index is 1.10. The molecule has 0 aliphatic rings. The van der Waals surface area contributed by atoms with Gasteiger partial charge >= 0.3 is 0 Å². The summed E-state index contributed by atoms with van der Waals surface area (Å²) in [6, 6.07) is 4.02. The van der Waals surface area contributed by atoms with Crippen molar-refractivity contribution in [3.8, 4) is 0 Å². The zero-order valence-electron chi connectivity index (χ0n) is 7.45. The molecule has 0 spiro atoms. The van der Waals surface area contributed by atoms with Crippen LogP contribution in [-0.2, 0) is 0 Å². The van der Waals surface area contributed by atoms with Crippen molar-refractivity contribution < 1.29 is 0 Å². The Morgan fingerprint density at radius 1 is 1.33 bits per heavy atom. The van der Waals surface area contributed by atoms with Gasteiger partial charge in [-0.05, 0) is 6.07 Å². The Balaban J connectivity index is 0.000000213. The van der Waals surface area contributed by atoms with Crippen LogP contribution in [0.15, 0.2) is 29.1 Å². The fourth-order valence-corrected chi connectivity index (χ4v) is 1.54. The largest absolute Gasteiger partial charge is 0.255 e. The highest BCUT2D eigenvalue weighted by atomic mass is 32.1. The molecule has 0 N–H and O–H groups in total. The molecule has 1 nitrogen and oxygen atoms in total. The Morgan fingerprint density at radius 2 is 2.08 bits per heavy atom. The van der Waals surface area contributed by atoms with Crippen molar-refractivity contribution in [1.82, 2.24) is 4.98 Å². The van der Waals surface area contributed by atoms with Crippen LogP contribution in [0.4, 0.5) is 0 Å². The molecule has 2 rings (SSSR count). The molecule has 0 fully saturated rings. The first-order valence-electron chi connectivity index (χ1n) is 4.15. The van der Waals surface area contributed by atoms with E-state index in [1.165, 1.54) is 11.8 Å². The molecule has 0 aromatic carbocycles. The third-order valence-corrected chi connectivity index (χ3v) is 2.00. The van der Waals surface area contributed by atoms with Crippen molar-refractivity contribution in [1.29, 1.82) is 0 Å². The summed E-state index contributed by atoms with van der Waals surface area (Å²) in [6.07, 6.45) is 3.06. The van der Waals surface area contributed by atoms with Gasteiger partial charge in [-0.25, -0.2) is 0 Å². The maximum absolute atomic E-state index is 4.15. The van der Waals surface area contributed by atoms with E-state index < -0.39 is 0 Å². The lowest BCUT2D eigenvalue weighted by atomic mass is 10.3. The van der Waals surface area contributed by atoms with Gasteiger partial charge in [-0.15, -0.1) is 11.3 Å². The maximum Gasteiger partial charge on any atom is 0.0808 e. The molecule has 2 aromatic heterocycles. The Morgan fingerprint density at radius 3 is 2.75 bits per heavy atom. The second-order valence-electron chi connectivity index (χ2n) is 2.56. The Labute approximate surface area is 77.1 Å². The molecule has 0 bridgehead atoms. The quantitative estimate of drug-likeness (QED) is 0.600. The summed E-state index contributed by atoms with van der Waals surface area (Å²) in [4.78, 5) is 4.15. The van der Waals surface area contributed by atoms with E-state index in [-0.39, 0.29) is 0 Å². The van der Waals surface area contributed by atoms with Gasteiger partial charge in [0.05, 0.1) is 5.52 Å². The molecule has 0 unspecified atom stereocenters. The van der Waals surface area contributed by atoms with E-state index in [0.29, 0.717) is 0 Å². The van der Waals surface area contributed by atoms with Gasteiger partial charge in [0.25, 0.3) is 0 Å². The van der Waals surface area contributed by atoms with Crippen LogP contribution in [0.1, 0.15) is 20.3 Å². The summed E-state index contributed by atoms with van der Waals surface area (Å²) in [5.74, 6) is 0. The highest BCUT2D eigenvalue weighted by molar-refractivity contribution is 7.09. The molecule has 0 radical (unpaired) electrons. The molecule has 0 saturated carbocycles. The number of rotatable bonds is 0. The van der Waals surface area contributed by atoms with Crippen molar-refractivity contribution in [2.45, 2.75) is 20.3 Å². The molecule has 2 heterocycles. The van der Waals surface area contributed by atoms with Gasteiger partial charge < -0.3 is 0 Å². The molecular formula is C10H13NS. The zero-order valence-corrected chi connectivity index (χ0v) is 8.27. The molecule has 0 aliphatic heterocycles. The fraction of sp³-hybridized carbons (Fsp3) is 0.300. The van der Waals surface area contributed by atoms with Gasteiger partial charge in [0, 0.05) is 22.3 Å². The normalized spacial score (nSPS) is 9.17. The lowest BCUT2D eigenvalue weighted by molar-refractivity contribution is 1.09. The first-order chi connectivity index (χ1) is 5.88. The first kappa shape index (κ1) is 9.20. The molecule has 12 heavy (non-hydrogen) atoms. The summed E-state index contributed by atoms with van der Waals surface area (Å²) < 4.78 is 0. The van der Waals surface area contributed by atoms with Crippen molar-refractivity contribution in [2.75, 3.05) is 0 Å². The van der Waals surface area contributed by atoms with Gasteiger partial charge in [-0.1, -0.05) is 26.3 Å². The van der Waals surface area contributed by atoms with Crippen LogP contribution < -0.4 is 0 Å². The minimum Gasteiger partial charge on any atom is -0.255 e. The fourth-order valence-electron chi connectivity index (χ4n) is 0.800. The summed E-state index contributed by atoms with van der Waals surface area (Å²) >= 11 is 1.69. The van der Waals surface area contributed by atoms with Crippen molar-refractivity contribution in [3.63, 3.8) is 0 Å². The molecule has 64 valence electrons. The van der Waals surface area contributed by atoms with Gasteiger partial charge in [0.1, 0.15) is 0 Å². The van der Waals surface area contributed by atoms with Gasteiger partial charge in [-0.3, -0.25) is 4.98 Å². The minimum absolute atomic E-state index is 1.10. The molecule has 0 aliphatic carbocycles. The molecule has 2 heteroatoms. The highest BCUT2D eigenvalue weighted by Crippen LogP contribution is 2.14. The number of fused-ring (bicyclic) bond motifs is 1. The second kappa shape index (κ2) is 4.88. The third kappa shape index (κ3) is 2.31. The number of aromatic nitrogens is 1. The predicted octanol–water partition coefficient (Wildman–Crippen LogP) is 3.71. The van der Waals surface area contributed by atoms with Crippen LogP contribution in [-0.4, -0.2) is 4.98 Å². The average Bonchev–Trinajstić information content (AvgIpc) is 2.52. The SMILES string of the molecule is CCC.c1cnc2cscc2c1. The van der Waals surface area contributed by atoms with E-state index >= 15 is 0 Å². The molecule has 0 saturated heterocycles. The van der Waals surface area contributed by atoms with E-state index in [2.05, 4.69) is 35.7 Å². The number of thiophene rings is 1. The van der Waals surface area contributed by atoms with Crippen LogP contribution in [0.25, 0.3) is 10.9 Å². The highest BCUT2D eigenvalue weighted by Gasteiger charge is 1.89. The van der Waals surface area contributed by atoms with Crippen molar-refractivity contribution in [3.05, 3.63) is 29.1 Å².